The normalized spacial score (nSPS) is 10.2. The Morgan fingerprint density at radius 3 is 2.86 bits per heavy atom. The van der Waals surface area contributed by atoms with Crippen LogP contribution in [0.25, 0.3) is 0 Å². The predicted octanol–water partition coefficient (Wildman–Crippen LogP) is 2.45. The monoisotopic (exact) mass is 197 g/mol. The van der Waals surface area contributed by atoms with Crippen molar-refractivity contribution >= 4 is 5.69 Å². The maximum Gasteiger partial charge on any atom is 0.123 e. The van der Waals surface area contributed by atoms with Crippen LogP contribution in [0.15, 0.2) is 18.2 Å². The molecule has 0 saturated carbocycles. The fourth-order valence-corrected chi connectivity index (χ4v) is 1.32. The number of rotatable bonds is 5. The Morgan fingerprint density at radius 1 is 1.43 bits per heavy atom. The first kappa shape index (κ1) is 11.0. The summed E-state index contributed by atoms with van der Waals surface area (Å²) in [7, 11) is 1.66. The van der Waals surface area contributed by atoms with Crippen molar-refractivity contribution in [2.75, 3.05) is 25.6 Å². The fourth-order valence-electron chi connectivity index (χ4n) is 1.32. The second kappa shape index (κ2) is 5.60. The van der Waals surface area contributed by atoms with Gasteiger partial charge in [-0.3, -0.25) is 0 Å². The van der Waals surface area contributed by atoms with Crippen LogP contribution in [0.5, 0.6) is 0 Å². The van der Waals surface area contributed by atoms with E-state index in [0.29, 0.717) is 6.61 Å². The van der Waals surface area contributed by atoms with Gasteiger partial charge in [-0.25, -0.2) is 4.39 Å². The van der Waals surface area contributed by atoms with Gasteiger partial charge in [0.2, 0.25) is 0 Å². The highest BCUT2D eigenvalue weighted by Gasteiger charge is 2.01. The van der Waals surface area contributed by atoms with Gasteiger partial charge in [-0.15, -0.1) is 0 Å². The Kier molecular flexibility index (Phi) is 4.40. The van der Waals surface area contributed by atoms with Gasteiger partial charge in [-0.2, -0.15) is 0 Å². The maximum atomic E-state index is 12.9. The van der Waals surface area contributed by atoms with Gasteiger partial charge in [0.05, 0.1) is 6.61 Å². The summed E-state index contributed by atoms with van der Waals surface area (Å²) in [5, 5.41) is 3.20. The average molecular weight is 197 g/mol. The highest BCUT2D eigenvalue weighted by molar-refractivity contribution is 5.51. The summed E-state index contributed by atoms with van der Waals surface area (Å²) in [5.41, 5.74) is 1.99. The first-order valence-electron chi connectivity index (χ1n) is 4.79. The average Bonchev–Trinajstić information content (AvgIpc) is 2.20. The molecular weight excluding hydrogens is 181 g/mol. The summed E-state index contributed by atoms with van der Waals surface area (Å²) in [5.74, 6) is -0.181. The third-order valence-electron chi connectivity index (χ3n) is 2.07. The van der Waals surface area contributed by atoms with Crippen LogP contribution in [-0.4, -0.2) is 20.3 Å². The number of hydrogen-bond acceptors (Lipinski definition) is 2. The van der Waals surface area contributed by atoms with E-state index in [0.717, 1.165) is 24.2 Å². The van der Waals surface area contributed by atoms with Gasteiger partial charge >= 0.3 is 0 Å². The molecule has 1 rings (SSSR count). The first-order valence-corrected chi connectivity index (χ1v) is 4.79. The largest absolute Gasteiger partial charge is 0.383 e. The smallest absolute Gasteiger partial charge is 0.123 e. The molecule has 1 aromatic rings. The zero-order valence-corrected chi connectivity index (χ0v) is 8.64. The number of anilines is 1. The minimum absolute atomic E-state index is 0.181. The summed E-state index contributed by atoms with van der Waals surface area (Å²) in [6.07, 6.45) is 0.826. The fraction of sp³-hybridized carbons (Fsp3) is 0.455. The molecule has 0 amide bonds. The number of aryl methyl sites for hydroxylation is 1. The molecule has 1 aromatic carbocycles. The van der Waals surface area contributed by atoms with E-state index >= 15 is 0 Å². The lowest BCUT2D eigenvalue weighted by molar-refractivity contribution is 0.211. The SMILES string of the molecule is CCc1cc(F)ccc1NCCOC. The topological polar surface area (TPSA) is 21.3 Å². The van der Waals surface area contributed by atoms with Gasteiger partial charge in [0.25, 0.3) is 0 Å². The number of nitrogens with one attached hydrogen (secondary N) is 1. The van der Waals surface area contributed by atoms with Gasteiger partial charge in [-0.05, 0) is 30.2 Å². The van der Waals surface area contributed by atoms with E-state index < -0.39 is 0 Å². The molecule has 0 heterocycles. The van der Waals surface area contributed by atoms with E-state index in [4.69, 9.17) is 4.74 Å². The summed E-state index contributed by atoms with van der Waals surface area (Å²) in [6.45, 7) is 3.41. The van der Waals surface area contributed by atoms with Crippen molar-refractivity contribution in [1.29, 1.82) is 0 Å². The van der Waals surface area contributed by atoms with Crippen molar-refractivity contribution < 1.29 is 9.13 Å². The van der Waals surface area contributed by atoms with Gasteiger partial charge in [0.1, 0.15) is 5.82 Å². The van der Waals surface area contributed by atoms with Crippen molar-refractivity contribution in [3.05, 3.63) is 29.6 Å². The zero-order valence-electron chi connectivity index (χ0n) is 8.64. The quantitative estimate of drug-likeness (QED) is 0.732. The molecule has 78 valence electrons. The molecule has 3 heteroatoms. The lowest BCUT2D eigenvalue weighted by atomic mass is 10.1. The Bertz CT molecular complexity index is 289. The third-order valence-corrected chi connectivity index (χ3v) is 2.07. The van der Waals surface area contributed by atoms with Crippen molar-refractivity contribution in [3.63, 3.8) is 0 Å². The Labute approximate surface area is 84.1 Å². The van der Waals surface area contributed by atoms with Gasteiger partial charge in [0.15, 0.2) is 0 Å². The highest BCUT2D eigenvalue weighted by Crippen LogP contribution is 2.17. The molecule has 0 bridgehead atoms. The molecule has 14 heavy (non-hydrogen) atoms. The van der Waals surface area contributed by atoms with Crippen molar-refractivity contribution in [2.45, 2.75) is 13.3 Å². The van der Waals surface area contributed by atoms with Gasteiger partial charge in [0, 0.05) is 19.3 Å². The number of benzene rings is 1. The van der Waals surface area contributed by atoms with Crippen molar-refractivity contribution in [2.24, 2.45) is 0 Å². The molecule has 0 unspecified atom stereocenters. The molecule has 2 nitrogen and oxygen atoms in total. The van der Waals surface area contributed by atoms with Crippen LogP contribution in [0.1, 0.15) is 12.5 Å². The minimum Gasteiger partial charge on any atom is -0.383 e. The standard InChI is InChI=1S/C11H16FNO/c1-3-9-8-10(12)4-5-11(9)13-6-7-14-2/h4-5,8,13H,3,6-7H2,1-2H3. The molecule has 0 radical (unpaired) electrons. The highest BCUT2D eigenvalue weighted by atomic mass is 19.1. The summed E-state index contributed by atoms with van der Waals surface area (Å²) >= 11 is 0. The molecule has 0 saturated heterocycles. The molecule has 0 fully saturated rings. The van der Waals surface area contributed by atoms with E-state index in [1.165, 1.54) is 6.07 Å². The van der Waals surface area contributed by atoms with Crippen molar-refractivity contribution in [1.82, 2.24) is 0 Å². The van der Waals surface area contributed by atoms with E-state index in [2.05, 4.69) is 5.32 Å². The van der Waals surface area contributed by atoms with E-state index in [-0.39, 0.29) is 5.82 Å². The van der Waals surface area contributed by atoms with Crippen LogP contribution in [0.3, 0.4) is 0 Å². The molecule has 0 atom stereocenters. The van der Waals surface area contributed by atoms with E-state index in [9.17, 15) is 4.39 Å². The molecule has 0 aliphatic heterocycles. The Hall–Kier alpha value is -1.09. The lowest BCUT2D eigenvalue weighted by Gasteiger charge is -2.10. The molecule has 0 spiro atoms. The molecular formula is C11H16FNO. The number of halogens is 1. The third kappa shape index (κ3) is 3.00. The number of ether oxygens (including phenoxy) is 1. The zero-order chi connectivity index (χ0) is 10.4. The van der Waals surface area contributed by atoms with Crippen LogP contribution < -0.4 is 5.32 Å². The number of methoxy groups -OCH3 is 1. The Morgan fingerprint density at radius 2 is 2.21 bits per heavy atom. The van der Waals surface area contributed by atoms with E-state index in [1.54, 1.807) is 19.2 Å². The van der Waals surface area contributed by atoms with Crippen LogP contribution in [0, 0.1) is 5.82 Å². The van der Waals surface area contributed by atoms with E-state index in [1.807, 2.05) is 6.92 Å². The summed E-state index contributed by atoms with van der Waals surface area (Å²) < 4.78 is 17.8. The molecule has 1 N–H and O–H groups in total. The second-order valence-electron chi connectivity index (χ2n) is 3.07. The first-order chi connectivity index (χ1) is 6.77. The van der Waals surface area contributed by atoms with Crippen LogP contribution in [0.4, 0.5) is 10.1 Å². The van der Waals surface area contributed by atoms with Crippen LogP contribution in [0.2, 0.25) is 0 Å². The van der Waals surface area contributed by atoms with Crippen molar-refractivity contribution in [3.8, 4) is 0 Å². The van der Waals surface area contributed by atoms with Gasteiger partial charge in [-0.1, -0.05) is 6.92 Å². The second-order valence-corrected chi connectivity index (χ2v) is 3.07. The lowest BCUT2D eigenvalue weighted by Crippen LogP contribution is -2.09. The summed E-state index contributed by atoms with van der Waals surface area (Å²) in [4.78, 5) is 0. The predicted molar refractivity (Wildman–Crippen MR) is 56.1 cm³/mol. The minimum atomic E-state index is -0.181. The van der Waals surface area contributed by atoms with Gasteiger partial charge < -0.3 is 10.1 Å². The molecule has 0 aliphatic carbocycles. The maximum absolute atomic E-state index is 12.9. The summed E-state index contributed by atoms with van der Waals surface area (Å²) in [6, 6.07) is 4.80. The number of hydrogen-bond donors (Lipinski definition) is 1. The Balaban J connectivity index is 2.65. The van der Waals surface area contributed by atoms with Crippen LogP contribution >= 0.6 is 0 Å². The molecule has 0 aromatic heterocycles. The molecule has 0 aliphatic rings. The van der Waals surface area contributed by atoms with Crippen LogP contribution in [-0.2, 0) is 11.2 Å².